The molecule has 0 radical (unpaired) electrons. The second-order valence-corrected chi connectivity index (χ2v) is 19.4. The average Bonchev–Trinajstić information content (AvgIpc) is 3.18. The fraction of sp³-hybridized carbons (Fsp3) is 0.640. The van der Waals surface area contributed by atoms with Gasteiger partial charge in [-0.1, -0.05) is 112 Å². The highest BCUT2D eigenvalue weighted by molar-refractivity contribution is 5.47. The van der Waals surface area contributed by atoms with E-state index in [0.717, 1.165) is 36.0 Å². The first-order chi connectivity index (χ1) is 27.9. The van der Waals surface area contributed by atoms with E-state index < -0.39 is 28.7 Å². The van der Waals surface area contributed by atoms with Crippen molar-refractivity contribution in [2.24, 2.45) is 17.8 Å². The Morgan fingerprint density at radius 1 is 0.576 bits per heavy atom. The fourth-order valence-electron chi connectivity index (χ4n) is 10.1. The minimum atomic E-state index is -0.787. The Morgan fingerprint density at radius 2 is 1.05 bits per heavy atom. The number of rotatable bonds is 12. The highest BCUT2D eigenvalue weighted by atomic mass is 16.8. The highest BCUT2D eigenvalue weighted by Gasteiger charge is 2.53. The lowest BCUT2D eigenvalue weighted by Gasteiger charge is -2.54. The van der Waals surface area contributed by atoms with Crippen LogP contribution in [0.3, 0.4) is 0 Å². The molecule has 59 heavy (non-hydrogen) atoms. The Kier molecular flexibility index (Phi) is 13.2. The minimum Gasteiger partial charge on any atom is -0.361 e. The van der Waals surface area contributed by atoms with Crippen LogP contribution in [0.2, 0.25) is 0 Å². The van der Waals surface area contributed by atoms with E-state index in [0.29, 0.717) is 19.6 Å². The van der Waals surface area contributed by atoms with E-state index in [-0.39, 0.29) is 60.5 Å². The van der Waals surface area contributed by atoms with Gasteiger partial charge in [0, 0.05) is 37.0 Å². The zero-order chi connectivity index (χ0) is 42.2. The fourth-order valence-corrected chi connectivity index (χ4v) is 10.1. The number of hydrogen-bond acceptors (Lipinski definition) is 9. The molecule has 0 unspecified atom stereocenters. The highest BCUT2D eigenvalue weighted by Crippen LogP contribution is 2.45. The van der Waals surface area contributed by atoms with Gasteiger partial charge in [0.2, 0.25) is 0 Å². The normalized spacial score (nSPS) is 33.5. The number of hydrogen-bond donors (Lipinski definition) is 0. The molecule has 9 heteroatoms. The molecule has 0 saturated carbocycles. The van der Waals surface area contributed by atoms with E-state index in [9.17, 15) is 0 Å². The SMILES string of the molecule is C[C@@H]1[C@@H]([C@@H](C)[C@H]2C[C@@H](C[C@H]3C[C@@H](CCOC(c4ccccc4)(c4ccccc4)c4ccccc4)OC(C)(C)O3)OC(C)(C)O2)OC(C)(C)O[C@H]1[C@H]1OC(C)(C)OC[C@H]1C. The van der Waals surface area contributed by atoms with Crippen molar-refractivity contribution in [3.05, 3.63) is 108 Å². The summed E-state index contributed by atoms with van der Waals surface area (Å²) in [5.41, 5.74) is 2.47. The van der Waals surface area contributed by atoms with Crippen molar-refractivity contribution in [3.63, 3.8) is 0 Å². The Labute approximate surface area is 353 Å². The van der Waals surface area contributed by atoms with Crippen molar-refractivity contribution in [3.8, 4) is 0 Å². The summed E-state index contributed by atoms with van der Waals surface area (Å²) in [5, 5.41) is 0. The molecular formula is C50H70O9. The Bertz CT molecular complexity index is 1680. The monoisotopic (exact) mass is 815 g/mol. The van der Waals surface area contributed by atoms with E-state index in [2.05, 4.69) is 112 Å². The first kappa shape index (κ1) is 44.4. The number of benzene rings is 3. The Morgan fingerprint density at radius 3 is 1.61 bits per heavy atom. The van der Waals surface area contributed by atoms with Crippen LogP contribution in [0.4, 0.5) is 0 Å². The van der Waals surface area contributed by atoms with Crippen LogP contribution in [0.25, 0.3) is 0 Å². The molecule has 0 aliphatic carbocycles. The van der Waals surface area contributed by atoms with Gasteiger partial charge in [-0.05, 0) is 78.5 Å². The van der Waals surface area contributed by atoms with Gasteiger partial charge in [0.05, 0.1) is 55.9 Å². The van der Waals surface area contributed by atoms with Crippen LogP contribution in [0, 0.1) is 17.8 Å². The first-order valence-electron chi connectivity index (χ1n) is 22.0. The van der Waals surface area contributed by atoms with E-state index in [1.165, 1.54) is 0 Å². The molecule has 3 aromatic carbocycles. The summed E-state index contributed by atoms with van der Waals surface area (Å²) in [5.74, 6) is -2.71. The molecule has 0 N–H and O–H groups in total. The molecule has 4 aliphatic heterocycles. The van der Waals surface area contributed by atoms with E-state index in [4.69, 9.17) is 42.6 Å². The first-order valence-corrected chi connectivity index (χ1v) is 22.0. The molecule has 0 amide bonds. The van der Waals surface area contributed by atoms with Crippen LogP contribution in [0.1, 0.15) is 119 Å². The van der Waals surface area contributed by atoms with Gasteiger partial charge in [0.15, 0.2) is 23.1 Å². The summed E-state index contributed by atoms with van der Waals surface area (Å²) in [7, 11) is 0. The van der Waals surface area contributed by atoms with Gasteiger partial charge in [-0.15, -0.1) is 0 Å². The third kappa shape index (κ3) is 10.3. The molecule has 7 rings (SSSR count). The Hall–Kier alpha value is -2.70. The number of ether oxygens (including phenoxy) is 9. The smallest absolute Gasteiger partial charge is 0.163 e. The summed E-state index contributed by atoms with van der Waals surface area (Å²) >= 11 is 0. The molecule has 3 aromatic rings. The zero-order valence-corrected chi connectivity index (χ0v) is 37.4. The van der Waals surface area contributed by atoms with Crippen LogP contribution in [-0.4, -0.2) is 79.1 Å². The largest absolute Gasteiger partial charge is 0.361 e. The second-order valence-electron chi connectivity index (χ2n) is 19.4. The van der Waals surface area contributed by atoms with E-state index in [1.54, 1.807) is 0 Å². The van der Waals surface area contributed by atoms with Gasteiger partial charge in [-0.2, -0.15) is 0 Å². The predicted molar refractivity (Wildman–Crippen MR) is 227 cm³/mol. The molecule has 4 aliphatic rings. The summed E-state index contributed by atoms with van der Waals surface area (Å²) in [6.07, 6.45) is 2.17. The molecule has 0 spiro atoms. The minimum absolute atomic E-state index is 0.0550. The molecule has 4 fully saturated rings. The van der Waals surface area contributed by atoms with Crippen molar-refractivity contribution in [2.75, 3.05) is 13.2 Å². The third-order valence-corrected chi connectivity index (χ3v) is 12.6. The summed E-state index contributed by atoms with van der Waals surface area (Å²) in [6.45, 7) is 23.8. The molecule has 10 atom stereocenters. The second kappa shape index (κ2) is 17.6. The van der Waals surface area contributed by atoms with Crippen LogP contribution in [0.15, 0.2) is 91.0 Å². The predicted octanol–water partition coefficient (Wildman–Crippen LogP) is 10.2. The molecule has 324 valence electrons. The lowest BCUT2D eigenvalue weighted by molar-refractivity contribution is -0.383. The molecular weight excluding hydrogens is 745 g/mol. The van der Waals surface area contributed by atoms with E-state index >= 15 is 0 Å². The van der Waals surface area contributed by atoms with Gasteiger partial charge in [0.1, 0.15) is 5.60 Å². The van der Waals surface area contributed by atoms with Crippen LogP contribution >= 0.6 is 0 Å². The molecule has 9 nitrogen and oxygen atoms in total. The maximum atomic E-state index is 7.16. The molecule has 4 heterocycles. The van der Waals surface area contributed by atoms with Gasteiger partial charge >= 0.3 is 0 Å². The van der Waals surface area contributed by atoms with Crippen molar-refractivity contribution in [1.29, 1.82) is 0 Å². The van der Waals surface area contributed by atoms with Crippen LogP contribution < -0.4 is 0 Å². The van der Waals surface area contributed by atoms with Crippen molar-refractivity contribution in [2.45, 2.75) is 173 Å². The summed E-state index contributed by atoms with van der Waals surface area (Å²) < 4.78 is 59.8. The van der Waals surface area contributed by atoms with Crippen molar-refractivity contribution < 1.29 is 42.6 Å². The topological polar surface area (TPSA) is 83.1 Å². The average molecular weight is 815 g/mol. The van der Waals surface area contributed by atoms with Gasteiger partial charge < -0.3 is 42.6 Å². The molecule has 0 bridgehead atoms. The third-order valence-electron chi connectivity index (χ3n) is 12.6. The maximum Gasteiger partial charge on any atom is 0.163 e. The quantitative estimate of drug-likeness (QED) is 0.166. The van der Waals surface area contributed by atoms with Crippen LogP contribution in [0.5, 0.6) is 0 Å². The molecule has 4 saturated heterocycles. The van der Waals surface area contributed by atoms with Crippen molar-refractivity contribution >= 4 is 0 Å². The van der Waals surface area contributed by atoms with Crippen LogP contribution in [-0.2, 0) is 48.2 Å². The summed E-state index contributed by atoms with van der Waals surface area (Å²) in [4.78, 5) is 0. The molecule has 0 aromatic heterocycles. The Balaban J connectivity index is 1.04. The van der Waals surface area contributed by atoms with Gasteiger partial charge in [0.25, 0.3) is 0 Å². The van der Waals surface area contributed by atoms with Gasteiger partial charge in [-0.3, -0.25) is 0 Å². The van der Waals surface area contributed by atoms with Crippen molar-refractivity contribution in [1.82, 2.24) is 0 Å². The summed E-state index contributed by atoms with van der Waals surface area (Å²) in [6, 6.07) is 31.6. The maximum absolute atomic E-state index is 7.16. The standard InChI is InChI=1S/C50H70O9/c1-33-32-52-46(4,5)57-43(33)45-35(3)44(58-49(10,11)59-45)34(2)42-31-41(55-48(8,9)56-42)30-40-29-39(53-47(6,7)54-40)27-28-51-50(36-21-15-12-16-22-36,37-23-17-13-18-24-37)38-25-19-14-20-26-38/h12-26,33-35,39-45H,27-32H2,1-11H3/t33-,34+,35-,39-,40-,41-,42-,43+,44-,45-/m1/s1. The lowest BCUT2D eigenvalue weighted by atomic mass is 9.79. The lowest BCUT2D eigenvalue weighted by Crippen LogP contribution is -2.62. The zero-order valence-electron chi connectivity index (χ0n) is 37.4. The van der Waals surface area contributed by atoms with E-state index in [1.807, 2.05) is 55.4 Å². The van der Waals surface area contributed by atoms with Gasteiger partial charge in [-0.25, -0.2) is 0 Å².